The van der Waals surface area contributed by atoms with Gasteiger partial charge in [-0.1, -0.05) is 59.6 Å². The minimum atomic E-state index is -0.223. The van der Waals surface area contributed by atoms with Gasteiger partial charge < -0.3 is 5.32 Å². The number of rotatable bonds is 7. The molecule has 0 aliphatic heterocycles. The molecule has 2 heterocycles. The predicted molar refractivity (Wildman–Crippen MR) is 133 cm³/mol. The standard InChI is InChI=1S/C26H22Cl2N4O/c1-17-23(26(33)30-14-5-9-18-7-3-2-4-8-18)24(19-11-12-21(27)22(28)15-19)32-25(31-17)20-10-6-13-29-16-20/h2-4,6-8,10-13,15-16H,5,9,14H2,1H3,(H,30,33). The van der Waals surface area contributed by atoms with Crippen molar-refractivity contribution in [3.05, 3.63) is 99.9 Å². The molecule has 166 valence electrons. The molecule has 0 aliphatic carbocycles. The van der Waals surface area contributed by atoms with Gasteiger partial charge in [-0.2, -0.15) is 0 Å². The normalized spacial score (nSPS) is 10.8. The van der Waals surface area contributed by atoms with Gasteiger partial charge >= 0.3 is 0 Å². The van der Waals surface area contributed by atoms with Gasteiger partial charge in [0.2, 0.25) is 0 Å². The van der Waals surface area contributed by atoms with Crippen LogP contribution in [0.4, 0.5) is 0 Å². The first-order valence-electron chi connectivity index (χ1n) is 10.6. The van der Waals surface area contributed by atoms with E-state index >= 15 is 0 Å². The molecule has 0 aliphatic rings. The predicted octanol–water partition coefficient (Wildman–Crippen LogP) is 6.18. The third-order valence-corrected chi connectivity index (χ3v) is 5.94. The van der Waals surface area contributed by atoms with Crippen LogP contribution in [0.3, 0.4) is 0 Å². The summed E-state index contributed by atoms with van der Waals surface area (Å²) in [5.74, 6) is 0.265. The van der Waals surface area contributed by atoms with E-state index in [1.54, 1.807) is 30.6 Å². The van der Waals surface area contributed by atoms with Crippen molar-refractivity contribution in [1.82, 2.24) is 20.3 Å². The molecule has 0 saturated heterocycles. The zero-order valence-corrected chi connectivity index (χ0v) is 19.6. The third kappa shape index (κ3) is 5.56. The number of carbonyl (C=O) groups excluding carboxylic acids is 1. The number of nitrogens with one attached hydrogen (secondary N) is 1. The molecule has 7 heteroatoms. The summed E-state index contributed by atoms with van der Waals surface area (Å²) in [7, 11) is 0. The number of carbonyl (C=O) groups is 1. The van der Waals surface area contributed by atoms with Crippen LogP contribution < -0.4 is 5.32 Å². The van der Waals surface area contributed by atoms with E-state index in [0.717, 1.165) is 18.4 Å². The maximum Gasteiger partial charge on any atom is 0.255 e. The number of amides is 1. The summed E-state index contributed by atoms with van der Waals surface area (Å²) in [4.78, 5) is 26.7. The van der Waals surface area contributed by atoms with Gasteiger partial charge in [0, 0.05) is 30.1 Å². The fourth-order valence-corrected chi connectivity index (χ4v) is 3.85. The van der Waals surface area contributed by atoms with E-state index in [0.29, 0.717) is 44.9 Å². The van der Waals surface area contributed by atoms with Crippen molar-refractivity contribution in [1.29, 1.82) is 0 Å². The molecule has 4 rings (SSSR count). The van der Waals surface area contributed by atoms with Crippen LogP contribution in [0.15, 0.2) is 73.1 Å². The van der Waals surface area contributed by atoms with Crippen molar-refractivity contribution in [2.75, 3.05) is 6.54 Å². The van der Waals surface area contributed by atoms with Crippen molar-refractivity contribution in [2.45, 2.75) is 19.8 Å². The van der Waals surface area contributed by atoms with Crippen molar-refractivity contribution in [2.24, 2.45) is 0 Å². The number of benzene rings is 2. The molecule has 2 aromatic heterocycles. The molecule has 0 unspecified atom stereocenters. The summed E-state index contributed by atoms with van der Waals surface area (Å²) in [5.41, 5.74) is 4.18. The largest absolute Gasteiger partial charge is 0.352 e. The lowest BCUT2D eigenvalue weighted by atomic mass is 10.0. The lowest BCUT2D eigenvalue weighted by molar-refractivity contribution is 0.0952. The van der Waals surface area contributed by atoms with E-state index in [2.05, 4.69) is 27.4 Å². The first-order chi connectivity index (χ1) is 16.0. The Hall–Kier alpha value is -3.28. The molecule has 2 aromatic carbocycles. The molecule has 0 radical (unpaired) electrons. The average molecular weight is 477 g/mol. The second kappa shape index (κ2) is 10.6. The van der Waals surface area contributed by atoms with Crippen molar-refractivity contribution in [3.63, 3.8) is 0 Å². The van der Waals surface area contributed by atoms with Crippen LogP contribution in [0.25, 0.3) is 22.6 Å². The van der Waals surface area contributed by atoms with Crippen LogP contribution in [0.2, 0.25) is 10.0 Å². The van der Waals surface area contributed by atoms with Gasteiger partial charge in [-0.25, -0.2) is 9.97 Å². The van der Waals surface area contributed by atoms with Crippen LogP contribution in [0.1, 0.15) is 28.0 Å². The Morgan fingerprint density at radius 3 is 2.48 bits per heavy atom. The molecule has 0 spiro atoms. The highest BCUT2D eigenvalue weighted by Gasteiger charge is 2.21. The van der Waals surface area contributed by atoms with E-state index in [-0.39, 0.29) is 5.91 Å². The van der Waals surface area contributed by atoms with E-state index < -0.39 is 0 Å². The van der Waals surface area contributed by atoms with Crippen LogP contribution >= 0.6 is 23.2 Å². The summed E-state index contributed by atoms with van der Waals surface area (Å²) in [6.07, 6.45) is 5.09. The van der Waals surface area contributed by atoms with Gasteiger partial charge in [0.15, 0.2) is 5.82 Å². The first kappa shape index (κ1) is 22.9. The lowest BCUT2D eigenvalue weighted by Gasteiger charge is -2.14. The minimum Gasteiger partial charge on any atom is -0.352 e. The molecule has 1 N–H and O–H groups in total. The van der Waals surface area contributed by atoms with Gasteiger partial charge in [0.1, 0.15) is 0 Å². The highest BCUT2D eigenvalue weighted by Crippen LogP contribution is 2.31. The van der Waals surface area contributed by atoms with Crippen LogP contribution in [0.5, 0.6) is 0 Å². The Morgan fingerprint density at radius 2 is 1.76 bits per heavy atom. The molecule has 1 amide bonds. The molecule has 33 heavy (non-hydrogen) atoms. The molecular weight excluding hydrogens is 455 g/mol. The average Bonchev–Trinajstić information content (AvgIpc) is 2.84. The number of hydrogen-bond donors (Lipinski definition) is 1. The van der Waals surface area contributed by atoms with E-state index in [4.69, 9.17) is 28.2 Å². The third-order valence-electron chi connectivity index (χ3n) is 5.20. The SMILES string of the molecule is Cc1nc(-c2cccnc2)nc(-c2ccc(Cl)c(Cl)c2)c1C(=O)NCCCc1ccccc1. The van der Waals surface area contributed by atoms with Crippen LogP contribution in [-0.4, -0.2) is 27.4 Å². The molecule has 0 saturated carbocycles. The highest BCUT2D eigenvalue weighted by atomic mass is 35.5. The first-order valence-corrected chi connectivity index (χ1v) is 11.3. The van der Waals surface area contributed by atoms with Crippen LogP contribution in [-0.2, 0) is 6.42 Å². The monoisotopic (exact) mass is 476 g/mol. The van der Waals surface area contributed by atoms with Crippen molar-refractivity contribution < 1.29 is 4.79 Å². The lowest BCUT2D eigenvalue weighted by Crippen LogP contribution is -2.27. The van der Waals surface area contributed by atoms with E-state index in [1.807, 2.05) is 37.3 Å². The highest BCUT2D eigenvalue weighted by molar-refractivity contribution is 6.42. The zero-order valence-electron chi connectivity index (χ0n) is 18.1. The molecule has 0 atom stereocenters. The number of pyridine rings is 1. The Balaban J connectivity index is 1.64. The summed E-state index contributed by atoms with van der Waals surface area (Å²) in [6, 6.07) is 19.1. The molecule has 4 aromatic rings. The van der Waals surface area contributed by atoms with Gasteiger partial charge in [-0.3, -0.25) is 9.78 Å². The summed E-state index contributed by atoms with van der Waals surface area (Å²) < 4.78 is 0. The van der Waals surface area contributed by atoms with Crippen molar-refractivity contribution >= 4 is 29.1 Å². The second-order valence-electron chi connectivity index (χ2n) is 7.57. The fraction of sp³-hybridized carbons (Fsp3) is 0.154. The number of halogens is 2. The molecule has 5 nitrogen and oxygen atoms in total. The Morgan fingerprint density at radius 1 is 0.939 bits per heavy atom. The molecular formula is C26H22Cl2N4O. The number of aryl methyl sites for hydroxylation is 2. The number of aromatic nitrogens is 3. The van der Waals surface area contributed by atoms with Gasteiger partial charge in [0.25, 0.3) is 5.91 Å². The van der Waals surface area contributed by atoms with Gasteiger partial charge in [0.05, 0.1) is 27.0 Å². The Bertz CT molecular complexity index is 1260. The smallest absolute Gasteiger partial charge is 0.255 e. The Kier molecular flexibility index (Phi) is 7.33. The second-order valence-corrected chi connectivity index (χ2v) is 8.39. The molecule has 0 bridgehead atoms. The Labute approximate surface area is 202 Å². The summed E-state index contributed by atoms with van der Waals surface area (Å²) in [5, 5.41) is 3.84. The number of hydrogen-bond acceptors (Lipinski definition) is 4. The summed E-state index contributed by atoms with van der Waals surface area (Å²) >= 11 is 12.4. The summed E-state index contributed by atoms with van der Waals surface area (Å²) in [6.45, 7) is 2.35. The maximum absolute atomic E-state index is 13.2. The van der Waals surface area contributed by atoms with E-state index in [9.17, 15) is 4.79 Å². The fourth-order valence-electron chi connectivity index (χ4n) is 3.55. The quantitative estimate of drug-likeness (QED) is 0.323. The van der Waals surface area contributed by atoms with Gasteiger partial charge in [-0.05, 0) is 49.6 Å². The topological polar surface area (TPSA) is 67.8 Å². The van der Waals surface area contributed by atoms with Crippen LogP contribution in [0, 0.1) is 6.92 Å². The van der Waals surface area contributed by atoms with E-state index in [1.165, 1.54) is 5.56 Å². The molecule has 0 fully saturated rings. The van der Waals surface area contributed by atoms with Gasteiger partial charge in [-0.15, -0.1) is 0 Å². The minimum absolute atomic E-state index is 0.223. The van der Waals surface area contributed by atoms with Crippen molar-refractivity contribution in [3.8, 4) is 22.6 Å². The maximum atomic E-state index is 13.2. The zero-order chi connectivity index (χ0) is 23.2. The number of nitrogens with zero attached hydrogens (tertiary/aromatic N) is 3.